The molecule has 1 N–H and O–H groups in total. The number of hydrogen-bond donors (Lipinski definition) is 1. The highest BCUT2D eigenvalue weighted by molar-refractivity contribution is 9.10. The Bertz CT molecular complexity index is 989. The molecule has 1 aliphatic rings. The molecular formula is C19H12BrF3N2O3S. The van der Waals surface area contributed by atoms with Crippen LogP contribution >= 0.6 is 27.7 Å². The number of anilines is 1. The quantitative estimate of drug-likeness (QED) is 0.609. The summed E-state index contributed by atoms with van der Waals surface area (Å²) in [6.45, 7) is -0.467. The Morgan fingerprint density at radius 1 is 1.07 bits per heavy atom. The van der Waals surface area contributed by atoms with Crippen LogP contribution in [-0.4, -0.2) is 28.5 Å². The summed E-state index contributed by atoms with van der Waals surface area (Å²) >= 11 is 3.90. The molecule has 3 rings (SSSR count). The number of rotatable bonds is 4. The smallest absolute Gasteiger partial charge is 0.325 e. The second kappa shape index (κ2) is 8.42. The van der Waals surface area contributed by atoms with Gasteiger partial charge in [0.25, 0.3) is 11.1 Å². The second-order valence-electron chi connectivity index (χ2n) is 5.94. The van der Waals surface area contributed by atoms with E-state index >= 15 is 0 Å². The van der Waals surface area contributed by atoms with Crippen molar-refractivity contribution in [1.82, 2.24) is 4.90 Å². The third kappa shape index (κ3) is 5.27. The fourth-order valence-corrected chi connectivity index (χ4v) is 3.54. The van der Waals surface area contributed by atoms with Crippen LogP contribution in [0.4, 0.5) is 23.7 Å². The summed E-state index contributed by atoms with van der Waals surface area (Å²) < 4.78 is 38.7. The Morgan fingerprint density at radius 2 is 1.69 bits per heavy atom. The first-order chi connectivity index (χ1) is 13.6. The standard InChI is InChI=1S/C19H12BrF3N2O3S/c20-13-5-7-14(8-6-13)24-16(26)10-25-17(27)15(29-18(25)28)9-11-1-3-12(4-2-11)19(21,22)23/h1-9H,10H2,(H,24,26)/b15-9-. The predicted octanol–water partition coefficient (Wildman–Crippen LogP) is 5.14. The molecule has 1 saturated heterocycles. The zero-order valence-electron chi connectivity index (χ0n) is 14.5. The van der Waals surface area contributed by atoms with Gasteiger partial charge in [0.15, 0.2) is 0 Å². The van der Waals surface area contributed by atoms with Crippen LogP contribution in [0, 0.1) is 0 Å². The lowest BCUT2D eigenvalue weighted by atomic mass is 10.1. The molecule has 1 fully saturated rings. The number of benzene rings is 2. The first-order valence-corrected chi connectivity index (χ1v) is 9.72. The van der Waals surface area contributed by atoms with Crippen LogP contribution in [-0.2, 0) is 15.8 Å². The van der Waals surface area contributed by atoms with Gasteiger partial charge in [-0.25, -0.2) is 0 Å². The van der Waals surface area contributed by atoms with Crippen LogP contribution in [0.15, 0.2) is 57.9 Å². The third-order valence-electron chi connectivity index (χ3n) is 3.84. The monoisotopic (exact) mass is 484 g/mol. The van der Waals surface area contributed by atoms with Gasteiger partial charge < -0.3 is 5.32 Å². The van der Waals surface area contributed by atoms with Crippen LogP contribution in [0.5, 0.6) is 0 Å². The van der Waals surface area contributed by atoms with Crippen molar-refractivity contribution in [2.45, 2.75) is 6.18 Å². The van der Waals surface area contributed by atoms with Crippen molar-refractivity contribution in [3.8, 4) is 0 Å². The minimum absolute atomic E-state index is 0.0335. The molecule has 2 aromatic carbocycles. The molecule has 0 atom stereocenters. The van der Waals surface area contributed by atoms with Gasteiger partial charge in [-0.15, -0.1) is 0 Å². The van der Waals surface area contributed by atoms with Gasteiger partial charge in [-0.2, -0.15) is 13.2 Å². The van der Waals surface area contributed by atoms with Gasteiger partial charge in [0, 0.05) is 10.2 Å². The van der Waals surface area contributed by atoms with Crippen molar-refractivity contribution in [3.05, 3.63) is 69.0 Å². The minimum atomic E-state index is -4.46. The highest BCUT2D eigenvalue weighted by Crippen LogP contribution is 2.33. The van der Waals surface area contributed by atoms with Crippen molar-refractivity contribution < 1.29 is 27.6 Å². The number of nitrogens with one attached hydrogen (secondary N) is 1. The Kier molecular flexibility index (Phi) is 6.13. The van der Waals surface area contributed by atoms with Gasteiger partial charge in [-0.05, 0) is 59.8 Å². The predicted molar refractivity (Wildman–Crippen MR) is 107 cm³/mol. The largest absolute Gasteiger partial charge is 0.416 e. The molecule has 2 aromatic rings. The Morgan fingerprint density at radius 3 is 2.28 bits per heavy atom. The molecule has 0 spiro atoms. The van der Waals surface area contributed by atoms with Crippen LogP contribution in [0.2, 0.25) is 0 Å². The molecular weight excluding hydrogens is 473 g/mol. The molecule has 0 bridgehead atoms. The lowest BCUT2D eigenvalue weighted by Gasteiger charge is -2.12. The molecule has 3 amide bonds. The SMILES string of the molecule is O=C(CN1C(=O)S/C(=C\c2ccc(C(F)(F)F)cc2)C1=O)Nc1ccc(Br)cc1. The average Bonchev–Trinajstić information content (AvgIpc) is 2.91. The lowest BCUT2D eigenvalue weighted by molar-refractivity contribution is -0.137. The van der Waals surface area contributed by atoms with E-state index in [-0.39, 0.29) is 4.91 Å². The highest BCUT2D eigenvalue weighted by Gasteiger charge is 2.36. The zero-order valence-corrected chi connectivity index (χ0v) is 16.9. The van der Waals surface area contributed by atoms with E-state index in [0.717, 1.165) is 21.5 Å². The maximum atomic E-state index is 12.6. The lowest BCUT2D eigenvalue weighted by Crippen LogP contribution is -2.36. The molecule has 0 aliphatic carbocycles. The van der Waals surface area contributed by atoms with Crippen LogP contribution < -0.4 is 5.32 Å². The van der Waals surface area contributed by atoms with E-state index in [0.29, 0.717) is 23.0 Å². The molecule has 0 radical (unpaired) electrons. The van der Waals surface area contributed by atoms with E-state index in [1.807, 2.05) is 0 Å². The van der Waals surface area contributed by atoms with Gasteiger partial charge in [-0.1, -0.05) is 28.1 Å². The molecule has 0 unspecified atom stereocenters. The zero-order chi connectivity index (χ0) is 21.2. The van der Waals surface area contributed by atoms with Gasteiger partial charge >= 0.3 is 6.18 Å². The number of hydrogen-bond acceptors (Lipinski definition) is 4. The number of alkyl halides is 3. The molecule has 5 nitrogen and oxygen atoms in total. The average molecular weight is 485 g/mol. The maximum absolute atomic E-state index is 12.6. The molecule has 1 heterocycles. The van der Waals surface area contributed by atoms with Gasteiger partial charge in [0.1, 0.15) is 6.54 Å². The summed E-state index contributed by atoms with van der Waals surface area (Å²) in [7, 11) is 0. The van der Waals surface area contributed by atoms with Crippen molar-refractivity contribution in [1.29, 1.82) is 0 Å². The number of halogens is 4. The number of thioether (sulfide) groups is 1. The van der Waals surface area contributed by atoms with E-state index in [9.17, 15) is 27.6 Å². The second-order valence-corrected chi connectivity index (χ2v) is 7.85. The fraction of sp³-hybridized carbons (Fsp3) is 0.105. The Balaban J connectivity index is 1.68. The normalized spacial score (nSPS) is 15.9. The molecule has 150 valence electrons. The topological polar surface area (TPSA) is 66.5 Å². The highest BCUT2D eigenvalue weighted by atomic mass is 79.9. The maximum Gasteiger partial charge on any atom is 0.416 e. The Hall–Kier alpha value is -2.59. The van der Waals surface area contributed by atoms with Crippen molar-refractivity contribution in [2.24, 2.45) is 0 Å². The van der Waals surface area contributed by atoms with Gasteiger partial charge in [0.05, 0.1) is 10.5 Å². The summed E-state index contributed by atoms with van der Waals surface area (Å²) in [5.74, 6) is -1.23. The Labute approximate surface area is 176 Å². The minimum Gasteiger partial charge on any atom is -0.325 e. The first kappa shape index (κ1) is 21.1. The van der Waals surface area contributed by atoms with E-state index in [1.165, 1.54) is 18.2 Å². The molecule has 1 aliphatic heterocycles. The molecule has 10 heteroatoms. The third-order valence-corrected chi connectivity index (χ3v) is 5.28. The molecule has 0 saturated carbocycles. The van der Waals surface area contributed by atoms with Gasteiger partial charge in [-0.3, -0.25) is 19.3 Å². The summed E-state index contributed by atoms with van der Waals surface area (Å²) in [6.07, 6.45) is -3.14. The fourth-order valence-electron chi connectivity index (χ4n) is 2.43. The summed E-state index contributed by atoms with van der Waals surface area (Å²) in [5.41, 5.74) is 0.0284. The molecule has 0 aromatic heterocycles. The molecule has 29 heavy (non-hydrogen) atoms. The van der Waals surface area contributed by atoms with E-state index in [1.54, 1.807) is 24.3 Å². The van der Waals surface area contributed by atoms with E-state index < -0.39 is 35.3 Å². The summed E-state index contributed by atoms with van der Waals surface area (Å²) in [4.78, 5) is 37.5. The van der Waals surface area contributed by atoms with E-state index in [4.69, 9.17) is 0 Å². The number of nitrogens with zero attached hydrogens (tertiary/aromatic N) is 1. The number of carbonyl (C=O) groups excluding carboxylic acids is 3. The van der Waals surface area contributed by atoms with Crippen molar-refractivity contribution >= 4 is 56.5 Å². The van der Waals surface area contributed by atoms with Crippen LogP contribution in [0.1, 0.15) is 11.1 Å². The van der Waals surface area contributed by atoms with Crippen molar-refractivity contribution in [3.63, 3.8) is 0 Å². The number of carbonyl (C=O) groups is 3. The van der Waals surface area contributed by atoms with Crippen molar-refractivity contribution in [2.75, 3.05) is 11.9 Å². The van der Waals surface area contributed by atoms with Crippen LogP contribution in [0.25, 0.3) is 6.08 Å². The number of amides is 3. The first-order valence-electron chi connectivity index (χ1n) is 8.11. The summed E-state index contributed by atoms with van der Waals surface area (Å²) in [6, 6.07) is 10.9. The van der Waals surface area contributed by atoms with Crippen LogP contribution in [0.3, 0.4) is 0 Å². The summed E-state index contributed by atoms with van der Waals surface area (Å²) in [5, 5.41) is 1.96. The number of imide groups is 1. The van der Waals surface area contributed by atoms with E-state index in [2.05, 4.69) is 21.2 Å². The van der Waals surface area contributed by atoms with Gasteiger partial charge in [0.2, 0.25) is 5.91 Å².